The molecule has 0 atom stereocenters. The molecule has 1 aromatic carbocycles. The molecule has 0 spiro atoms. The molecule has 0 radical (unpaired) electrons. The molecule has 5 nitrogen and oxygen atoms in total. The zero-order valence-corrected chi connectivity index (χ0v) is 10.9. The van der Waals surface area contributed by atoms with Crippen molar-refractivity contribution in [1.82, 2.24) is 0 Å². The molecule has 0 aliphatic rings. The Hall–Kier alpha value is -2.43. The molecule has 0 aromatic heterocycles. The molecule has 0 saturated heterocycles. The van der Waals surface area contributed by atoms with E-state index in [0.717, 1.165) is 25.9 Å². The molecule has 0 aliphatic heterocycles. The normalized spacial score (nSPS) is 10.8. The molecule has 0 heterocycles. The standard InChI is InChI=1S/C14H14O5/c1-9-4-6-10(7-5-9)13(16)11(14(17)19-3)8-12(15)18-2/h4-8H,1-3H3. The third-order valence-corrected chi connectivity index (χ3v) is 2.43. The second-order valence-corrected chi connectivity index (χ2v) is 3.77. The molecule has 19 heavy (non-hydrogen) atoms. The second kappa shape index (κ2) is 6.49. The van der Waals surface area contributed by atoms with Crippen LogP contribution in [0, 0.1) is 6.92 Å². The number of ether oxygens (including phenoxy) is 2. The average molecular weight is 262 g/mol. The van der Waals surface area contributed by atoms with Crippen LogP contribution in [0.1, 0.15) is 15.9 Å². The Morgan fingerprint density at radius 2 is 1.58 bits per heavy atom. The van der Waals surface area contributed by atoms with Gasteiger partial charge >= 0.3 is 11.9 Å². The van der Waals surface area contributed by atoms with E-state index in [4.69, 9.17) is 0 Å². The molecule has 0 N–H and O–H groups in total. The summed E-state index contributed by atoms with van der Waals surface area (Å²) in [5.41, 5.74) is 0.914. The van der Waals surface area contributed by atoms with Crippen molar-refractivity contribution in [2.24, 2.45) is 0 Å². The summed E-state index contributed by atoms with van der Waals surface area (Å²) in [6, 6.07) is 6.62. The number of carbonyl (C=O) groups excluding carboxylic acids is 3. The molecule has 0 fully saturated rings. The lowest BCUT2D eigenvalue weighted by molar-refractivity contribution is -0.138. The number of hydrogen-bond donors (Lipinski definition) is 0. The number of methoxy groups -OCH3 is 2. The summed E-state index contributed by atoms with van der Waals surface area (Å²) in [7, 11) is 2.29. The lowest BCUT2D eigenvalue weighted by atomic mass is 10.0. The lowest BCUT2D eigenvalue weighted by Gasteiger charge is -2.05. The molecular weight excluding hydrogens is 248 g/mol. The molecule has 100 valence electrons. The highest BCUT2D eigenvalue weighted by Gasteiger charge is 2.22. The van der Waals surface area contributed by atoms with Gasteiger partial charge in [0, 0.05) is 11.6 Å². The van der Waals surface area contributed by atoms with Crippen LogP contribution in [-0.2, 0) is 19.1 Å². The lowest BCUT2D eigenvalue weighted by Crippen LogP contribution is -2.17. The smallest absolute Gasteiger partial charge is 0.342 e. The molecule has 0 saturated carbocycles. The van der Waals surface area contributed by atoms with Crippen LogP contribution in [0.4, 0.5) is 0 Å². The molecule has 5 heteroatoms. The van der Waals surface area contributed by atoms with Crippen LogP contribution in [0.2, 0.25) is 0 Å². The van der Waals surface area contributed by atoms with E-state index >= 15 is 0 Å². The van der Waals surface area contributed by atoms with Crippen molar-refractivity contribution in [3.63, 3.8) is 0 Å². The Bertz CT molecular complexity index is 525. The van der Waals surface area contributed by atoms with Crippen LogP contribution in [0.5, 0.6) is 0 Å². The van der Waals surface area contributed by atoms with E-state index in [0.29, 0.717) is 5.56 Å². The van der Waals surface area contributed by atoms with Crippen LogP contribution in [0.25, 0.3) is 0 Å². The third kappa shape index (κ3) is 3.77. The number of Topliss-reactive ketones (excluding diaryl/α,β-unsaturated/α-hetero) is 1. The first-order valence-corrected chi connectivity index (χ1v) is 5.49. The minimum absolute atomic E-state index is 0.297. The van der Waals surface area contributed by atoms with Gasteiger partial charge in [-0.25, -0.2) is 9.59 Å². The van der Waals surface area contributed by atoms with Crippen molar-refractivity contribution in [2.45, 2.75) is 6.92 Å². The summed E-state index contributed by atoms with van der Waals surface area (Å²) in [6.45, 7) is 1.87. The Morgan fingerprint density at radius 1 is 1.00 bits per heavy atom. The zero-order chi connectivity index (χ0) is 14.4. The minimum Gasteiger partial charge on any atom is -0.466 e. The first-order chi connectivity index (χ1) is 8.99. The van der Waals surface area contributed by atoms with E-state index in [1.165, 1.54) is 0 Å². The second-order valence-electron chi connectivity index (χ2n) is 3.77. The van der Waals surface area contributed by atoms with Crippen molar-refractivity contribution in [2.75, 3.05) is 14.2 Å². The van der Waals surface area contributed by atoms with Gasteiger partial charge in [-0.15, -0.1) is 0 Å². The van der Waals surface area contributed by atoms with Crippen LogP contribution in [-0.4, -0.2) is 31.9 Å². The molecule has 1 rings (SSSR count). The highest BCUT2D eigenvalue weighted by molar-refractivity contribution is 6.26. The van der Waals surface area contributed by atoms with Gasteiger partial charge in [-0.05, 0) is 6.92 Å². The molecule has 0 aliphatic carbocycles. The fraction of sp³-hybridized carbons (Fsp3) is 0.214. The first kappa shape index (κ1) is 14.6. The molecular formula is C14H14O5. The van der Waals surface area contributed by atoms with Gasteiger partial charge in [0.15, 0.2) is 0 Å². The van der Waals surface area contributed by atoms with E-state index < -0.39 is 17.7 Å². The van der Waals surface area contributed by atoms with Crippen LogP contribution >= 0.6 is 0 Å². The molecule has 0 bridgehead atoms. The topological polar surface area (TPSA) is 69.7 Å². The zero-order valence-electron chi connectivity index (χ0n) is 10.9. The van der Waals surface area contributed by atoms with Gasteiger partial charge < -0.3 is 9.47 Å². The SMILES string of the molecule is COC(=O)C=C(C(=O)OC)C(=O)c1ccc(C)cc1. The van der Waals surface area contributed by atoms with Gasteiger partial charge in [0.05, 0.1) is 14.2 Å². The quantitative estimate of drug-likeness (QED) is 0.270. The van der Waals surface area contributed by atoms with E-state index in [1.807, 2.05) is 6.92 Å². The average Bonchev–Trinajstić information content (AvgIpc) is 2.43. The van der Waals surface area contributed by atoms with E-state index in [-0.39, 0.29) is 5.57 Å². The maximum atomic E-state index is 12.1. The monoisotopic (exact) mass is 262 g/mol. The molecule has 1 aromatic rings. The number of carbonyl (C=O) groups is 3. The van der Waals surface area contributed by atoms with Crippen LogP contribution in [0.15, 0.2) is 35.9 Å². The maximum absolute atomic E-state index is 12.1. The van der Waals surface area contributed by atoms with Gasteiger partial charge in [-0.2, -0.15) is 0 Å². The number of rotatable bonds is 4. The molecule has 0 amide bonds. The Balaban J connectivity index is 3.15. The maximum Gasteiger partial charge on any atom is 0.342 e. The summed E-state index contributed by atoms with van der Waals surface area (Å²) >= 11 is 0. The summed E-state index contributed by atoms with van der Waals surface area (Å²) in [5, 5.41) is 0. The van der Waals surface area contributed by atoms with Crippen LogP contribution in [0.3, 0.4) is 0 Å². The van der Waals surface area contributed by atoms with Crippen LogP contribution < -0.4 is 0 Å². The number of esters is 2. The van der Waals surface area contributed by atoms with Crippen molar-refractivity contribution >= 4 is 17.7 Å². The van der Waals surface area contributed by atoms with E-state index in [2.05, 4.69) is 9.47 Å². The predicted molar refractivity (Wildman–Crippen MR) is 67.6 cm³/mol. The Morgan fingerprint density at radius 3 is 2.05 bits per heavy atom. The highest BCUT2D eigenvalue weighted by Crippen LogP contribution is 2.11. The Labute approximate surface area is 110 Å². The van der Waals surface area contributed by atoms with Crippen molar-refractivity contribution in [3.05, 3.63) is 47.0 Å². The first-order valence-electron chi connectivity index (χ1n) is 5.49. The number of aryl methyl sites for hydroxylation is 1. The fourth-order valence-corrected chi connectivity index (χ4v) is 1.36. The van der Waals surface area contributed by atoms with Gasteiger partial charge in [0.1, 0.15) is 5.57 Å². The largest absolute Gasteiger partial charge is 0.466 e. The summed E-state index contributed by atoms with van der Waals surface area (Å²) in [6.07, 6.45) is 0.827. The van der Waals surface area contributed by atoms with Gasteiger partial charge in [0.2, 0.25) is 5.78 Å². The number of hydrogen-bond acceptors (Lipinski definition) is 5. The summed E-state index contributed by atoms with van der Waals surface area (Å²) in [4.78, 5) is 34.8. The van der Waals surface area contributed by atoms with Gasteiger partial charge in [-0.1, -0.05) is 29.8 Å². The van der Waals surface area contributed by atoms with Crippen molar-refractivity contribution in [1.29, 1.82) is 0 Å². The summed E-state index contributed by atoms with van der Waals surface area (Å²) < 4.78 is 8.89. The summed E-state index contributed by atoms with van der Waals surface area (Å²) in [5.74, 6) is -2.26. The van der Waals surface area contributed by atoms with Crippen molar-refractivity contribution in [3.8, 4) is 0 Å². The van der Waals surface area contributed by atoms with Crippen molar-refractivity contribution < 1.29 is 23.9 Å². The minimum atomic E-state index is -0.879. The Kier molecular flexibility index (Phi) is 5.00. The fourth-order valence-electron chi connectivity index (χ4n) is 1.36. The van der Waals surface area contributed by atoms with Gasteiger partial charge in [-0.3, -0.25) is 4.79 Å². The predicted octanol–water partition coefficient (Wildman–Crippen LogP) is 1.45. The third-order valence-electron chi connectivity index (χ3n) is 2.43. The number of ketones is 1. The van der Waals surface area contributed by atoms with Gasteiger partial charge in [0.25, 0.3) is 0 Å². The number of benzene rings is 1. The van der Waals surface area contributed by atoms with E-state index in [9.17, 15) is 14.4 Å². The molecule has 0 unspecified atom stereocenters. The van der Waals surface area contributed by atoms with E-state index in [1.54, 1.807) is 24.3 Å². The highest BCUT2D eigenvalue weighted by atomic mass is 16.5.